The lowest BCUT2D eigenvalue weighted by Gasteiger charge is -2.13. The van der Waals surface area contributed by atoms with Crippen LogP contribution in [0, 0.1) is 0 Å². The summed E-state index contributed by atoms with van der Waals surface area (Å²) in [7, 11) is -3.59. The zero-order valence-corrected chi connectivity index (χ0v) is 12.9. The Bertz CT molecular complexity index is 595. The molecule has 1 amide bonds. The molecule has 1 aliphatic rings. The van der Waals surface area contributed by atoms with E-state index < -0.39 is 10.0 Å². The monoisotopic (exact) mass is 311 g/mol. The Hall–Kier alpha value is -1.44. The average Bonchev–Trinajstić information content (AvgIpc) is 2.91. The van der Waals surface area contributed by atoms with E-state index in [1.807, 2.05) is 0 Å². The summed E-state index contributed by atoms with van der Waals surface area (Å²) >= 11 is 0. The van der Waals surface area contributed by atoms with E-state index in [2.05, 4.69) is 15.4 Å². The quantitative estimate of drug-likeness (QED) is 0.733. The molecular formula is C14H21N3O3S. The Labute approximate surface area is 125 Å². The van der Waals surface area contributed by atoms with Crippen LogP contribution in [-0.4, -0.2) is 33.5 Å². The number of rotatable bonds is 6. The maximum absolute atomic E-state index is 12.1. The van der Waals surface area contributed by atoms with Gasteiger partial charge in [0.05, 0.1) is 5.69 Å². The molecule has 0 aromatic heterocycles. The van der Waals surface area contributed by atoms with Crippen molar-refractivity contribution in [1.29, 1.82) is 0 Å². The molecule has 2 rings (SSSR count). The molecule has 0 spiro atoms. The SMILES string of the molecule is CCNS(=O)(=O)c1ccccc1NC(=O)CC1CCCN1. The number of benzene rings is 1. The summed E-state index contributed by atoms with van der Waals surface area (Å²) in [6.07, 6.45) is 2.41. The highest BCUT2D eigenvalue weighted by Gasteiger charge is 2.21. The number of amides is 1. The second kappa shape index (κ2) is 7.02. The van der Waals surface area contributed by atoms with Gasteiger partial charge in [0.1, 0.15) is 4.90 Å². The molecule has 3 N–H and O–H groups in total. The maximum atomic E-state index is 12.1. The molecule has 116 valence electrons. The van der Waals surface area contributed by atoms with Crippen molar-refractivity contribution in [2.24, 2.45) is 0 Å². The Kier molecular flexibility index (Phi) is 5.33. The number of nitrogens with one attached hydrogen (secondary N) is 3. The van der Waals surface area contributed by atoms with Crippen LogP contribution in [0.1, 0.15) is 26.2 Å². The summed E-state index contributed by atoms with van der Waals surface area (Å²) < 4.78 is 26.6. The smallest absolute Gasteiger partial charge is 0.242 e. The highest BCUT2D eigenvalue weighted by molar-refractivity contribution is 7.89. The standard InChI is InChI=1S/C14H21N3O3S/c1-2-16-21(19,20)13-8-4-3-7-12(13)17-14(18)10-11-6-5-9-15-11/h3-4,7-8,11,15-16H,2,5-6,9-10H2,1H3,(H,17,18). The summed E-state index contributed by atoms with van der Waals surface area (Å²) in [6.45, 7) is 2.95. The van der Waals surface area contributed by atoms with E-state index in [9.17, 15) is 13.2 Å². The molecule has 1 saturated heterocycles. The number of carbonyl (C=O) groups excluding carboxylic acids is 1. The van der Waals surface area contributed by atoms with E-state index in [0.717, 1.165) is 19.4 Å². The van der Waals surface area contributed by atoms with Gasteiger partial charge < -0.3 is 10.6 Å². The number of carbonyl (C=O) groups is 1. The lowest BCUT2D eigenvalue weighted by atomic mass is 10.1. The largest absolute Gasteiger partial charge is 0.325 e. The predicted molar refractivity (Wildman–Crippen MR) is 81.6 cm³/mol. The molecule has 6 nitrogen and oxygen atoms in total. The van der Waals surface area contributed by atoms with Crippen molar-refractivity contribution in [2.75, 3.05) is 18.4 Å². The van der Waals surface area contributed by atoms with Crippen LogP contribution in [0.4, 0.5) is 5.69 Å². The Balaban J connectivity index is 2.11. The minimum absolute atomic E-state index is 0.0968. The molecule has 0 saturated carbocycles. The molecule has 1 atom stereocenters. The first-order chi connectivity index (χ1) is 10.0. The van der Waals surface area contributed by atoms with Crippen LogP contribution in [0.25, 0.3) is 0 Å². The van der Waals surface area contributed by atoms with Crippen LogP contribution in [0.15, 0.2) is 29.2 Å². The van der Waals surface area contributed by atoms with Crippen LogP contribution in [0.5, 0.6) is 0 Å². The van der Waals surface area contributed by atoms with Crippen molar-refractivity contribution in [3.63, 3.8) is 0 Å². The fourth-order valence-corrected chi connectivity index (χ4v) is 3.63. The molecule has 1 aromatic rings. The zero-order chi connectivity index (χ0) is 15.3. The summed E-state index contributed by atoms with van der Waals surface area (Å²) in [5.41, 5.74) is 0.321. The van der Waals surface area contributed by atoms with E-state index in [-0.39, 0.29) is 16.8 Å². The number of anilines is 1. The molecule has 1 heterocycles. The second-order valence-corrected chi connectivity index (χ2v) is 6.78. The van der Waals surface area contributed by atoms with Gasteiger partial charge >= 0.3 is 0 Å². The van der Waals surface area contributed by atoms with Crippen LogP contribution in [0.2, 0.25) is 0 Å². The molecule has 1 aliphatic heterocycles. The molecule has 0 bridgehead atoms. The topological polar surface area (TPSA) is 87.3 Å². The first-order valence-electron chi connectivity index (χ1n) is 7.15. The second-order valence-electron chi connectivity index (χ2n) is 5.04. The van der Waals surface area contributed by atoms with Gasteiger partial charge in [-0.25, -0.2) is 13.1 Å². The van der Waals surface area contributed by atoms with Gasteiger partial charge in [-0.15, -0.1) is 0 Å². The van der Waals surface area contributed by atoms with Gasteiger partial charge in [-0.1, -0.05) is 19.1 Å². The normalized spacial score (nSPS) is 18.6. The Morgan fingerprint density at radius 1 is 1.38 bits per heavy atom. The molecule has 0 radical (unpaired) electrons. The molecule has 0 aliphatic carbocycles. The van der Waals surface area contributed by atoms with Gasteiger partial charge in [-0.2, -0.15) is 0 Å². The number of para-hydroxylation sites is 1. The fraction of sp³-hybridized carbons (Fsp3) is 0.500. The predicted octanol–water partition coefficient (Wildman–Crippen LogP) is 1.07. The van der Waals surface area contributed by atoms with E-state index >= 15 is 0 Å². The number of hydrogen-bond donors (Lipinski definition) is 3. The number of hydrogen-bond acceptors (Lipinski definition) is 4. The molecule has 1 unspecified atom stereocenters. The molecule has 1 aromatic carbocycles. The first kappa shape index (κ1) is 15.9. The van der Waals surface area contributed by atoms with E-state index in [0.29, 0.717) is 18.7 Å². The van der Waals surface area contributed by atoms with Gasteiger partial charge in [-0.3, -0.25) is 4.79 Å². The fourth-order valence-electron chi connectivity index (χ4n) is 2.43. The van der Waals surface area contributed by atoms with Crippen molar-refractivity contribution in [1.82, 2.24) is 10.0 Å². The van der Waals surface area contributed by atoms with Gasteiger partial charge in [0.25, 0.3) is 0 Å². The third-order valence-electron chi connectivity index (χ3n) is 3.38. The van der Waals surface area contributed by atoms with Crippen molar-refractivity contribution < 1.29 is 13.2 Å². The summed E-state index contributed by atoms with van der Waals surface area (Å²) in [6, 6.07) is 6.61. The maximum Gasteiger partial charge on any atom is 0.242 e. The average molecular weight is 311 g/mol. The van der Waals surface area contributed by atoms with Gasteiger partial charge in [0.15, 0.2) is 0 Å². The Morgan fingerprint density at radius 3 is 2.81 bits per heavy atom. The molecular weight excluding hydrogens is 290 g/mol. The van der Waals surface area contributed by atoms with Crippen molar-refractivity contribution >= 4 is 21.6 Å². The molecule has 21 heavy (non-hydrogen) atoms. The van der Waals surface area contributed by atoms with Crippen molar-refractivity contribution in [3.8, 4) is 0 Å². The van der Waals surface area contributed by atoms with Gasteiger partial charge in [0.2, 0.25) is 15.9 Å². The summed E-state index contributed by atoms with van der Waals surface area (Å²) in [4.78, 5) is 12.1. The highest BCUT2D eigenvalue weighted by Crippen LogP contribution is 2.21. The minimum atomic E-state index is -3.59. The van der Waals surface area contributed by atoms with Gasteiger partial charge in [-0.05, 0) is 31.5 Å². The highest BCUT2D eigenvalue weighted by atomic mass is 32.2. The number of sulfonamides is 1. The Morgan fingerprint density at radius 2 is 2.14 bits per heavy atom. The lowest BCUT2D eigenvalue weighted by Crippen LogP contribution is -2.29. The van der Waals surface area contributed by atoms with E-state index in [1.165, 1.54) is 6.07 Å². The summed E-state index contributed by atoms with van der Waals surface area (Å²) in [5, 5.41) is 5.95. The van der Waals surface area contributed by atoms with Gasteiger partial charge in [0, 0.05) is 19.0 Å². The third-order valence-corrected chi connectivity index (χ3v) is 4.98. The van der Waals surface area contributed by atoms with Crippen LogP contribution in [-0.2, 0) is 14.8 Å². The molecule has 1 fully saturated rings. The lowest BCUT2D eigenvalue weighted by molar-refractivity contribution is -0.116. The first-order valence-corrected chi connectivity index (χ1v) is 8.63. The third kappa shape index (κ3) is 4.26. The van der Waals surface area contributed by atoms with Crippen LogP contribution < -0.4 is 15.4 Å². The molecule has 7 heteroatoms. The van der Waals surface area contributed by atoms with E-state index in [1.54, 1.807) is 25.1 Å². The van der Waals surface area contributed by atoms with Crippen molar-refractivity contribution in [2.45, 2.75) is 37.1 Å². The van der Waals surface area contributed by atoms with Crippen LogP contribution >= 0.6 is 0 Å². The van der Waals surface area contributed by atoms with E-state index in [4.69, 9.17) is 0 Å². The minimum Gasteiger partial charge on any atom is -0.325 e. The van der Waals surface area contributed by atoms with Crippen molar-refractivity contribution in [3.05, 3.63) is 24.3 Å². The van der Waals surface area contributed by atoms with Crippen LogP contribution in [0.3, 0.4) is 0 Å². The zero-order valence-electron chi connectivity index (χ0n) is 12.1. The summed E-state index contributed by atoms with van der Waals surface area (Å²) in [5.74, 6) is -0.173.